The molecule has 36 heavy (non-hydrogen) atoms. The van der Waals surface area contributed by atoms with E-state index in [0.29, 0.717) is 34.4 Å². The molecule has 0 N–H and O–H groups in total. The predicted molar refractivity (Wildman–Crippen MR) is 138 cm³/mol. The Bertz CT molecular complexity index is 1540. The number of aromatic nitrogens is 2. The third-order valence-corrected chi connectivity index (χ3v) is 6.06. The zero-order chi connectivity index (χ0) is 25.8. The molecule has 0 saturated heterocycles. The molecular formula is C27H25ClN2O6. The third kappa shape index (κ3) is 4.85. The minimum atomic E-state index is -0.617. The van der Waals surface area contributed by atoms with Gasteiger partial charge in [0.15, 0.2) is 17.3 Å². The quantitative estimate of drug-likeness (QED) is 0.315. The first kappa shape index (κ1) is 25.1. The molecule has 0 saturated carbocycles. The summed E-state index contributed by atoms with van der Waals surface area (Å²) in [6, 6.07) is 16.9. The maximum Gasteiger partial charge on any atom is 0.332 e. The van der Waals surface area contributed by atoms with Gasteiger partial charge in [0.1, 0.15) is 5.75 Å². The summed E-state index contributed by atoms with van der Waals surface area (Å²) in [4.78, 5) is 40.3. The minimum absolute atomic E-state index is 0.0475. The zero-order valence-electron chi connectivity index (χ0n) is 20.1. The number of ketones is 1. The van der Waals surface area contributed by atoms with E-state index in [4.69, 9.17) is 25.8 Å². The monoisotopic (exact) mass is 508 g/mol. The molecule has 4 aromatic rings. The van der Waals surface area contributed by atoms with E-state index in [1.165, 1.54) is 37.0 Å². The number of fused-ring (bicyclic) bond motifs is 1. The Labute approximate surface area is 212 Å². The lowest BCUT2D eigenvalue weighted by atomic mass is 10.1. The molecule has 0 unspecified atom stereocenters. The molecular weight excluding hydrogens is 484 g/mol. The van der Waals surface area contributed by atoms with Crippen LogP contribution >= 0.6 is 11.6 Å². The lowest BCUT2D eigenvalue weighted by molar-refractivity contribution is 0.0971. The van der Waals surface area contributed by atoms with Crippen LogP contribution < -0.4 is 25.5 Å². The molecule has 1 aromatic heterocycles. The highest BCUT2D eigenvalue weighted by molar-refractivity contribution is 6.32. The third-order valence-electron chi connectivity index (χ3n) is 5.77. The van der Waals surface area contributed by atoms with E-state index in [-0.39, 0.29) is 29.8 Å². The maximum atomic E-state index is 13.6. The number of benzene rings is 3. The van der Waals surface area contributed by atoms with Crippen molar-refractivity contribution in [2.24, 2.45) is 0 Å². The fourth-order valence-electron chi connectivity index (χ4n) is 3.98. The van der Waals surface area contributed by atoms with Gasteiger partial charge in [-0.15, -0.1) is 0 Å². The van der Waals surface area contributed by atoms with E-state index in [2.05, 4.69) is 0 Å². The molecule has 0 aliphatic rings. The second-order valence-corrected chi connectivity index (χ2v) is 8.38. The molecule has 1 heterocycles. The SMILES string of the molecule is CCOc1ccc(C(=O)Cn2c(=O)n(Cc3ccccc3)c(=O)c3cc(OC)c(OC)cc32)cc1Cl. The number of nitrogens with zero attached hydrogens (tertiary/aromatic N) is 2. The number of rotatable bonds is 9. The first-order chi connectivity index (χ1) is 17.4. The van der Waals surface area contributed by atoms with Crippen molar-refractivity contribution in [3.63, 3.8) is 0 Å². The van der Waals surface area contributed by atoms with E-state index in [1.54, 1.807) is 12.1 Å². The highest BCUT2D eigenvalue weighted by atomic mass is 35.5. The molecule has 186 valence electrons. The second kappa shape index (κ2) is 10.7. The first-order valence-corrected chi connectivity index (χ1v) is 11.6. The van der Waals surface area contributed by atoms with Crippen molar-refractivity contribution in [2.45, 2.75) is 20.0 Å². The molecule has 0 radical (unpaired) electrons. The number of methoxy groups -OCH3 is 2. The summed E-state index contributed by atoms with van der Waals surface area (Å²) < 4.78 is 18.6. The van der Waals surface area contributed by atoms with Gasteiger partial charge in [0.25, 0.3) is 5.56 Å². The van der Waals surface area contributed by atoms with Crippen molar-refractivity contribution >= 4 is 28.3 Å². The Morgan fingerprint density at radius 2 is 1.58 bits per heavy atom. The van der Waals surface area contributed by atoms with Crippen molar-refractivity contribution < 1.29 is 19.0 Å². The fourth-order valence-corrected chi connectivity index (χ4v) is 4.22. The Morgan fingerprint density at radius 1 is 0.889 bits per heavy atom. The molecule has 9 heteroatoms. The van der Waals surface area contributed by atoms with E-state index in [9.17, 15) is 14.4 Å². The van der Waals surface area contributed by atoms with Gasteiger partial charge in [-0.05, 0) is 36.8 Å². The van der Waals surface area contributed by atoms with Crippen LogP contribution in [0.1, 0.15) is 22.8 Å². The van der Waals surface area contributed by atoms with Crippen molar-refractivity contribution in [3.8, 4) is 17.2 Å². The number of hydrogen-bond acceptors (Lipinski definition) is 6. The number of carbonyl (C=O) groups is 1. The molecule has 0 amide bonds. The molecule has 0 bridgehead atoms. The number of ether oxygens (including phenoxy) is 3. The van der Waals surface area contributed by atoms with E-state index < -0.39 is 11.2 Å². The summed E-state index contributed by atoms with van der Waals surface area (Å²) in [5, 5.41) is 0.515. The fraction of sp³-hybridized carbons (Fsp3) is 0.222. The topological polar surface area (TPSA) is 88.8 Å². The average Bonchev–Trinajstić information content (AvgIpc) is 2.90. The zero-order valence-corrected chi connectivity index (χ0v) is 20.9. The van der Waals surface area contributed by atoms with Crippen LogP contribution in [0.2, 0.25) is 5.02 Å². The van der Waals surface area contributed by atoms with Crippen LogP contribution in [-0.2, 0) is 13.1 Å². The number of carbonyl (C=O) groups excluding carboxylic acids is 1. The van der Waals surface area contributed by atoms with Gasteiger partial charge >= 0.3 is 5.69 Å². The number of Topliss-reactive ketones (excluding diaryl/α,β-unsaturated/α-hetero) is 1. The lowest BCUT2D eigenvalue weighted by Crippen LogP contribution is -2.41. The molecule has 8 nitrogen and oxygen atoms in total. The normalized spacial score (nSPS) is 10.9. The molecule has 0 fully saturated rings. The standard InChI is InChI=1S/C27H25ClN2O6/c1-4-36-23-11-10-18(12-20(23)28)22(31)16-29-21-14-25(35-3)24(34-2)13-19(21)26(32)30(27(29)33)15-17-8-6-5-7-9-17/h5-14H,4,15-16H2,1-3H3. The Morgan fingerprint density at radius 3 is 2.22 bits per heavy atom. The van der Waals surface area contributed by atoms with E-state index in [0.717, 1.165) is 10.1 Å². The van der Waals surface area contributed by atoms with E-state index >= 15 is 0 Å². The first-order valence-electron chi connectivity index (χ1n) is 11.3. The van der Waals surface area contributed by atoms with Crippen molar-refractivity contribution in [2.75, 3.05) is 20.8 Å². The molecule has 0 atom stereocenters. The van der Waals surface area contributed by atoms with Crippen LogP contribution in [0, 0.1) is 0 Å². The summed E-state index contributed by atoms with van der Waals surface area (Å²) in [7, 11) is 2.91. The molecule has 4 rings (SSSR count). The maximum absolute atomic E-state index is 13.6. The average molecular weight is 509 g/mol. The highest BCUT2D eigenvalue weighted by Crippen LogP contribution is 2.31. The Kier molecular flexibility index (Phi) is 7.45. The van der Waals surface area contributed by atoms with Crippen molar-refractivity contribution in [3.05, 3.63) is 97.7 Å². The number of halogens is 1. The summed E-state index contributed by atoms with van der Waals surface area (Å²) in [6.45, 7) is 2.00. The van der Waals surface area contributed by atoms with Gasteiger partial charge < -0.3 is 14.2 Å². The van der Waals surface area contributed by atoms with Crippen LogP contribution in [0.5, 0.6) is 17.2 Å². The Hall–Kier alpha value is -4.04. The van der Waals surface area contributed by atoms with Gasteiger partial charge in [-0.3, -0.25) is 18.7 Å². The highest BCUT2D eigenvalue weighted by Gasteiger charge is 2.20. The lowest BCUT2D eigenvalue weighted by Gasteiger charge is -2.16. The van der Waals surface area contributed by atoms with Crippen LogP contribution in [0.25, 0.3) is 10.9 Å². The van der Waals surface area contributed by atoms with Gasteiger partial charge in [-0.1, -0.05) is 41.9 Å². The summed E-state index contributed by atoms with van der Waals surface area (Å²) >= 11 is 6.27. The van der Waals surface area contributed by atoms with Crippen molar-refractivity contribution in [1.29, 1.82) is 0 Å². The largest absolute Gasteiger partial charge is 0.493 e. The number of hydrogen-bond donors (Lipinski definition) is 0. The van der Waals surface area contributed by atoms with Gasteiger partial charge in [0, 0.05) is 11.6 Å². The predicted octanol–water partition coefficient (Wildman–Crippen LogP) is 4.16. The van der Waals surface area contributed by atoms with Gasteiger partial charge in [0.2, 0.25) is 0 Å². The smallest absolute Gasteiger partial charge is 0.332 e. The minimum Gasteiger partial charge on any atom is -0.493 e. The molecule has 0 spiro atoms. The van der Waals surface area contributed by atoms with E-state index in [1.807, 2.05) is 37.3 Å². The van der Waals surface area contributed by atoms with Gasteiger partial charge in [-0.25, -0.2) is 4.79 Å². The van der Waals surface area contributed by atoms with Gasteiger partial charge in [0.05, 0.1) is 49.8 Å². The summed E-state index contributed by atoms with van der Waals surface area (Å²) in [5.41, 5.74) is 0.233. The summed E-state index contributed by atoms with van der Waals surface area (Å²) in [6.07, 6.45) is 0. The molecule has 0 aliphatic carbocycles. The molecule has 3 aromatic carbocycles. The van der Waals surface area contributed by atoms with Crippen LogP contribution in [0.4, 0.5) is 0 Å². The van der Waals surface area contributed by atoms with Gasteiger partial charge in [-0.2, -0.15) is 0 Å². The van der Waals surface area contributed by atoms with Crippen molar-refractivity contribution in [1.82, 2.24) is 9.13 Å². The molecule has 0 aliphatic heterocycles. The summed E-state index contributed by atoms with van der Waals surface area (Å²) in [5.74, 6) is 0.771. The van der Waals surface area contributed by atoms with Crippen LogP contribution in [-0.4, -0.2) is 35.7 Å². The van der Waals surface area contributed by atoms with Crippen LogP contribution in [0.15, 0.2) is 70.3 Å². The van der Waals surface area contributed by atoms with Crippen LogP contribution in [0.3, 0.4) is 0 Å². The Balaban J connectivity index is 1.88. The second-order valence-electron chi connectivity index (χ2n) is 7.97.